The molecule has 0 aliphatic carbocycles. The van der Waals surface area contributed by atoms with E-state index in [0.717, 1.165) is 18.4 Å². The lowest BCUT2D eigenvalue weighted by atomic mass is 9.74. The van der Waals surface area contributed by atoms with Crippen LogP contribution in [0, 0.1) is 5.82 Å². The van der Waals surface area contributed by atoms with Gasteiger partial charge < -0.3 is 10.4 Å². The number of fused-ring (bicyclic) bond motifs is 2. The highest BCUT2D eigenvalue weighted by Gasteiger charge is 2.41. The second-order valence-electron chi connectivity index (χ2n) is 5.44. The summed E-state index contributed by atoms with van der Waals surface area (Å²) in [5.41, 5.74) is -0.112. The lowest BCUT2D eigenvalue weighted by Crippen LogP contribution is -2.54. The van der Waals surface area contributed by atoms with E-state index in [-0.39, 0.29) is 5.82 Å². The fourth-order valence-electron chi connectivity index (χ4n) is 3.34. The van der Waals surface area contributed by atoms with Crippen LogP contribution >= 0.6 is 0 Å². The van der Waals surface area contributed by atoms with Gasteiger partial charge in [0.15, 0.2) is 0 Å². The van der Waals surface area contributed by atoms with E-state index in [4.69, 9.17) is 0 Å². The molecule has 2 bridgehead atoms. The van der Waals surface area contributed by atoms with Gasteiger partial charge in [0.1, 0.15) is 5.82 Å². The molecule has 0 amide bonds. The predicted molar refractivity (Wildman–Crippen MR) is 64.1 cm³/mol. The number of nitrogens with one attached hydrogen (secondary N) is 1. The number of aliphatic hydroxyl groups is 1. The maximum absolute atomic E-state index is 13.3. The third kappa shape index (κ3) is 2.09. The van der Waals surface area contributed by atoms with Gasteiger partial charge in [0.05, 0.1) is 5.60 Å². The van der Waals surface area contributed by atoms with Crippen molar-refractivity contribution in [1.82, 2.24) is 5.32 Å². The predicted octanol–water partition coefficient (Wildman–Crippen LogP) is 2.32. The molecule has 1 aromatic rings. The molecule has 17 heavy (non-hydrogen) atoms. The summed E-state index contributed by atoms with van der Waals surface area (Å²) >= 11 is 0. The Labute approximate surface area is 101 Å². The third-order valence-electron chi connectivity index (χ3n) is 4.11. The summed E-state index contributed by atoms with van der Waals surface area (Å²) in [5, 5.41) is 14.3. The standard InChI is InChI=1S/C14H18FNO/c15-11-4-1-3-10(7-11)14(17)8-12-5-2-6-13(9-14)16-12/h1,3-4,7,12-13,16-17H,2,5-6,8-9H2. The van der Waals surface area contributed by atoms with Crippen LogP contribution in [0.25, 0.3) is 0 Å². The van der Waals surface area contributed by atoms with Crippen LogP contribution in [0.1, 0.15) is 37.7 Å². The van der Waals surface area contributed by atoms with E-state index in [1.165, 1.54) is 18.6 Å². The van der Waals surface area contributed by atoms with Crippen molar-refractivity contribution in [2.24, 2.45) is 0 Å². The van der Waals surface area contributed by atoms with Gasteiger partial charge in [-0.15, -0.1) is 0 Å². The molecular formula is C14H18FNO. The lowest BCUT2D eigenvalue weighted by Gasteiger charge is -2.45. The summed E-state index contributed by atoms with van der Waals surface area (Å²) in [4.78, 5) is 0. The van der Waals surface area contributed by atoms with Crippen molar-refractivity contribution in [1.29, 1.82) is 0 Å². The van der Waals surface area contributed by atoms with Gasteiger partial charge in [-0.2, -0.15) is 0 Å². The summed E-state index contributed by atoms with van der Waals surface area (Å²) in [6.07, 6.45) is 4.88. The topological polar surface area (TPSA) is 32.3 Å². The lowest BCUT2D eigenvalue weighted by molar-refractivity contribution is -0.0360. The minimum Gasteiger partial charge on any atom is -0.385 e. The minimum absolute atomic E-state index is 0.264. The third-order valence-corrected chi connectivity index (χ3v) is 4.11. The zero-order chi connectivity index (χ0) is 11.9. The zero-order valence-corrected chi connectivity index (χ0v) is 9.82. The maximum Gasteiger partial charge on any atom is 0.123 e. The van der Waals surface area contributed by atoms with Gasteiger partial charge in [-0.05, 0) is 43.4 Å². The second-order valence-corrected chi connectivity index (χ2v) is 5.44. The number of halogens is 1. The van der Waals surface area contributed by atoms with Crippen LogP contribution in [0.4, 0.5) is 4.39 Å². The molecule has 2 saturated heterocycles. The second kappa shape index (κ2) is 4.07. The molecule has 2 atom stereocenters. The van der Waals surface area contributed by atoms with Crippen molar-refractivity contribution in [3.05, 3.63) is 35.6 Å². The summed E-state index contributed by atoms with van der Waals surface area (Å²) in [6.45, 7) is 0. The molecule has 2 aliphatic rings. The summed E-state index contributed by atoms with van der Waals surface area (Å²) in [6, 6.07) is 7.19. The normalized spacial score (nSPS) is 36.8. The molecule has 3 rings (SSSR count). The zero-order valence-electron chi connectivity index (χ0n) is 9.82. The SMILES string of the molecule is OC1(c2cccc(F)c2)CC2CCCC(C1)N2. The highest BCUT2D eigenvalue weighted by Crippen LogP contribution is 2.39. The molecule has 0 radical (unpaired) electrons. The van der Waals surface area contributed by atoms with E-state index in [0.29, 0.717) is 24.9 Å². The highest BCUT2D eigenvalue weighted by atomic mass is 19.1. The van der Waals surface area contributed by atoms with Gasteiger partial charge >= 0.3 is 0 Å². The van der Waals surface area contributed by atoms with Crippen LogP contribution in [0.5, 0.6) is 0 Å². The molecule has 2 heterocycles. The number of hydrogen-bond donors (Lipinski definition) is 2. The van der Waals surface area contributed by atoms with Crippen molar-refractivity contribution in [2.75, 3.05) is 0 Å². The fraction of sp³-hybridized carbons (Fsp3) is 0.571. The van der Waals surface area contributed by atoms with Crippen molar-refractivity contribution in [3.8, 4) is 0 Å². The Kier molecular flexibility index (Phi) is 2.68. The average Bonchev–Trinajstić information content (AvgIpc) is 2.28. The van der Waals surface area contributed by atoms with E-state index < -0.39 is 5.60 Å². The smallest absolute Gasteiger partial charge is 0.123 e. The summed E-state index contributed by atoms with van der Waals surface area (Å²) < 4.78 is 13.3. The average molecular weight is 235 g/mol. The summed E-state index contributed by atoms with van der Waals surface area (Å²) in [5.74, 6) is -0.264. The molecule has 2 N–H and O–H groups in total. The minimum atomic E-state index is -0.844. The first kappa shape index (κ1) is 11.2. The van der Waals surface area contributed by atoms with Gasteiger partial charge in [-0.25, -0.2) is 4.39 Å². The number of piperidine rings is 2. The van der Waals surface area contributed by atoms with Gasteiger partial charge in [0.25, 0.3) is 0 Å². The summed E-state index contributed by atoms with van der Waals surface area (Å²) in [7, 11) is 0. The Balaban J connectivity index is 1.90. The quantitative estimate of drug-likeness (QED) is 0.783. The molecule has 1 aromatic carbocycles. The van der Waals surface area contributed by atoms with Crippen LogP contribution in [0.15, 0.2) is 24.3 Å². The van der Waals surface area contributed by atoms with Gasteiger partial charge in [0, 0.05) is 12.1 Å². The van der Waals surface area contributed by atoms with Crippen molar-refractivity contribution in [3.63, 3.8) is 0 Å². The molecule has 2 nitrogen and oxygen atoms in total. The van der Waals surface area contributed by atoms with Crippen molar-refractivity contribution >= 4 is 0 Å². The Morgan fingerprint density at radius 1 is 1.24 bits per heavy atom. The Bertz CT molecular complexity index is 408. The fourth-order valence-corrected chi connectivity index (χ4v) is 3.34. The molecule has 2 unspecified atom stereocenters. The molecule has 2 aliphatic heterocycles. The molecule has 3 heteroatoms. The van der Waals surface area contributed by atoms with Crippen LogP contribution < -0.4 is 5.32 Å². The first-order chi connectivity index (χ1) is 8.16. The molecule has 92 valence electrons. The Hall–Kier alpha value is -0.930. The van der Waals surface area contributed by atoms with Crippen molar-refractivity contribution < 1.29 is 9.50 Å². The Morgan fingerprint density at radius 3 is 2.59 bits per heavy atom. The van der Waals surface area contributed by atoms with E-state index in [9.17, 15) is 9.50 Å². The van der Waals surface area contributed by atoms with E-state index in [2.05, 4.69) is 5.32 Å². The largest absolute Gasteiger partial charge is 0.385 e. The molecule has 0 spiro atoms. The molecule has 2 fully saturated rings. The monoisotopic (exact) mass is 235 g/mol. The van der Waals surface area contributed by atoms with E-state index in [1.807, 2.05) is 6.07 Å². The molecule has 0 aromatic heterocycles. The van der Waals surface area contributed by atoms with Crippen molar-refractivity contribution in [2.45, 2.75) is 49.8 Å². The van der Waals surface area contributed by atoms with Crippen LogP contribution in [0.2, 0.25) is 0 Å². The van der Waals surface area contributed by atoms with E-state index in [1.54, 1.807) is 6.07 Å². The molecule has 0 saturated carbocycles. The van der Waals surface area contributed by atoms with Gasteiger partial charge in [-0.3, -0.25) is 0 Å². The number of hydrogen-bond acceptors (Lipinski definition) is 2. The number of benzene rings is 1. The van der Waals surface area contributed by atoms with E-state index >= 15 is 0 Å². The first-order valence-corrected chi connectivity index (χ1v) is 6.40. The van der Waals surface area contributed by atoms with Gasteiger partial charge in [0.2, 0.25) is 0 Å². The van der Waals surface area contributed by atoms with Gasteiger partial charge in [-0.1, -0.05) is 18.6 Å². The molecular weight excluding hydrogens is 217 g/mol. The van der Waals surface area contributed by atoms with Crippen LogP contribution in [-0.4, -0.2) is 17.2 Å². The first-order valence-electron chi connectivity index (χ1n) is 6.40. The van der Waals surface area contributed by atoms with Crippen LogP contribution in [-0.2, 0) is 5.60 Å². The maximum atomic E-state index is 13.3. The van der Waals surface area contributed by atoms with Crippen LogP contribution in [0.3, 0.4) is 0 Å². The highest BCUT2D eigenvalue weighted by molar-refractivity contribution is 5.25. The number of rotatable bonds is 1. The Morgan fingerprint density at radius 2 is 1.94 bits per heavy atom.